The Kier molecular flexibility index (Phi) is 3.94. The molecular weight excluding hydrogens is 322 g/mol. The third kappa shape index (κ3) is 2.53. The van der Waals surface area contributed by atoms with Crippen molar-refractivity contribution in [2.45, 2.75) is 32.4 Å². The lowest BCUT2D eigenvalue weighted by Gasteiger charge is -2.44. The number of tetrazole rings is 1. The number of carboxylic acids is 1. The molecule has 9 nitrogen and oxygen atoms in total. The minimum Gasteiger partial charge on any atom is -0.477 e. The fraction of sp³-hybridized carbons (Fsp3) is 0.462. The number of rotatable bonds is 5. The molecule has 1 saturated heterocycles. The van der Waals surface area contributed by atoms with Crippen molar-refractivity contribution >= 4 is 29.8 Å². The number of hydrogen-bond donors (Lipinski definition) is 2. The van der Waals surface area contributed by atoms with Crippen molar-refractivity contribution in [1.82, 2.24) is 25.1 Å². The van der Waals surface area contributed by atoms with Crippen LogP contribution in [0.2, 0.25) is 0 Å². The summed E-state index contributed by atoms with van der Waals surface area (Å²) in [7, 11) is 0. The molecule has 0 saturated carbocycles. The lowest BCUT2D eigenvalue weighted by molar-refractivity contribution is -0.161. The van der Waals surface area contributed by atoms with E-state index in [-0.39, 0.29) is 17.6 Å². The highest BCUT2D eigenvalue weighted by Gasteiger charge is 2.56. The highest BCUT2D eigenvalue weighted by atomic mass is 32.2. The number of aliphatic carboxylic acids is 1. The Morgan fingerprint density at radius 2 is 2.26 bits per heavy atom. The van der Waals surface area contributed by atoms with Gasteiger partial charge in [-0.2, -0.15) is 0 Å². The van der Waals surface area contributed by atoms with Gasteiger partial charge in [-0.15, -0.1) is 5.10 Å². The number of β-lactam (4-membered cyclic amide) rings is 1. The van der Waals surface area contributed by atoms with Gasteiger partial charge in [-0.05, 0) is 29.7 Å². The van der Waals surface area contributed by atoms with E-state index in [0.29, 0.717) is 17.2 Å². The normalized spacial score (nSPS) is 25.0. The van der Waals surface area contributed by atoms with E-state index in [1.807, 2.05) is 0 Å². The lowest BCUT2D eigenvalue weighted by atomic mass is 9.83. The summed E-state index contributed by atoms with van der Waals surface area (Å²) in [5, 5.41) is 31.7. The van der Waals surface area contributed by atoms with E-state index in [1.54, 1.807) is 25.5 Å². The number of carboxylic acid groups (broad SMARTS) is 1. The van der Waals surface area contributed by atoms with Gasteiger partial charge < -0.3 is 15.1 Å². The van der Waals surface area contributed by atoms with Crippen LogP contribution in [0, 0.1) is 12.8 Å². The zero-order chi connectivity index (χ0) is 16.7. The van der Waals surface area contributed by atoms with Gasteiger partial charge in [0.15, 0.2) is 5.82 Å². The number of aliphatic hydroxyl groups is 1. The Bertz CT molecular complexity index is 726. The number of hydrogen-bond acceptors (Lipinski definition) is 7. The summed E-state index contributed by atoms with van der Waals surface area (Å²) in [4.78, 5) is 25.4. The number of amides is 1. The maximum Gasteiger partial charge on any atom is 0.353 e. The monoisotopic (exact) mass is 337 g/mol. The van der Waals surface area contributed by atoms with Gasteiger partial charge >= 0.3 is 5.97 Å². The Morgan fingerprint density at radius 3 is 2.83 bits per heavy atom. The van der Waals surface area contributed by atoms with Crippen LogP contribution >= 0.6 is 11.8 Å². The van der Waals surface area contributed by atoms with E-state index in [9.17, 15) is 19.8 Å². The Labute approximate surface area is 135 Å². The van der Waals surface area contributed by atoms with E-state index >= 15 is 0 Å². The number of fused-ring (bicyclic) bond motifs is 1. The molecule has 0 spiro atoms. The number of nitrogens with zero attached hydrogens (tertiary/aromatic N) is 5. The molecule has 3 rings (SSSR count). The predicted octanol–water partition coefficient (Wildman–Crippen LogP) is 0.0506. The summed E-state index contributed by atoms with van der Waals surface area (Å²) >= 11 is 1.22. The van der Waals surface area contributed by atoms with E-state index in [2.05, 4.69) is 15.5 Å². The fourth-order valence-electron chi connectivity index (χ4n) is 2.88. The Balaban J connectivity index is 1.79. The molecule has 1 fully saturated rings. The largest absolute Gasteiger partial charge is 0.477 e. The van der Waals surface area contributed by atoms with Gasteiger partial charge in [0.05, 0.1) is 18.1 Å². The third-order valence-corrected chi connectivity index (χ3v) is 4.86. The first-order chi connectivity index (χ1) is 10.9. The van der Waals surface area contributed by atoms with Crippen LogP contribution in [0.1, 0.15) is 19.2 Å². The van der Waals surface area contributed by atoms with Gasteiger partial charge in [0.25, 0.3) is 0 Å². The molecular formula is C13H15N5O4S. The van der Waals surface area contributed by atoms with Gasteiger partial charge in [0.2, 0.25) is 5.91 Å². The summed E-state index contributed by atoms with van der Waals surface area (Å²) in [5.41, 5.74) is -0.0000118. The molecule has 2 aliphatic heterocycles. The fourth-order valence-corrected chi connectivity index (χ4v) is 3.79. The van der Waals surface area contributed by atoms with E-state index in [0.717, 1.165) is 0 Å². The molecule has 122 valence electrons. The SMILES string of the molecule is Cc1nnnn1C=CSC1=C(C(=O)O)N2C(=O)[C@H]([C@H](C)O)[C@H]2C1. The molecule has 3 atom stereocenters. The van der Waals surface area contributed by atoms with Crippen molar-refractivity contribution in [2.24, 2.45) is 5.92 Å². The number of aliphatic hydroxyl groups excluding tert-OH is 1. The number of aromatic nitrogens is 4. The predicted molar refractivity (Wildman–Crippen MR) is 80.6 cm³/mol. The molecule has 1 aromatic heterocycles. The van der Waals surface area contributed by atoms with Gasteiger partial charge in [-0.25, -0.2) is 9.48 Å². The van der Waals surface area contributed by atoms with Gasteiger partial charge in [0, 0.05) is 17.5 Å². The van der Waals surface area contributed by atoms with Crippen molar-refractivity contribution in [2.75, 3.05) is 0 Å². The molecule has 2 N–H and O–H groups in total. The maximum absolute atomic E-state index is 12.1. The first-order valence-electron chi connectivity index (χ1n) is 6.97. The van der Waals surface area contributed by atoms with Crippen LogP contribution in [0.3, 0.4) is 0 Å². The van der Waals surface area contributed by atoms with Crippen LogP contribution < -0.4 is 0 Å². The summed E-state index contributed by atoms with van der Waals surface area (Å²) in [6.07, 6.45) is 1.25. The van der Waals surface area contributed by atoms with Gasteiger partial charge in [-0.3, -0.25) is 4.79 Å². The highest BCUT2D eigenvalue weighted by molar-refractivity contribution is 8.06. The number of aryl methyl sites for hydroxylation is 1. The first kappa shape index (κ1) is 15.7. The smallest absolute Gasteiger partial charge is 0.353 e. The van der Waals surface area contributed by atoms with Crippen molar-refractivity contribution in [3.05, 3.63) is 21.8 Å². The average Bonchev–Trinajstić information content (AvgIpc) is 3.01. The van der Waals surface area contributed by atoms with Crippen molar-refractivity contribution in [1.29, 1.82) is 0 Å². The van der Waals surface area contributed by atoms with Crippen molar-refractivity contribution in [3.63, 3.8) is 0 Å². The second-order valence-corrected chi connectivity index (χ2v) is 6.40. The van der Waals surface area contributed by atoms with Crippen molar-refractivity contribution in [3.8, 4) is 0 Å². The summed E-state index contributed by atoms with van der Waals surface area (Å²) in [6.45, 7) is 3.29. The molecule has 10 heteroatoms. The number of carbonyl (C=O) groups excluding carboxylic acids is 1. The highest BCUT2D eigenvalue weighted by Crippen LogP contribution is 2.47. The quantitative estimate of drug-likeness (QED) is 0.723. The zero-order valence-corrected chi connectivity index (χ0v) is 13.3. The summed E-state index contributed by atoms with van der Waals surface area (Å²) in [5.74, 6) is -1.40. The zero-order valence-electron chi connectivity index (χ0n) is 12.4. The van der Waals surface area contributed by atoms with Crippen LogP contribution in [0.5, 0.6) is 0 Å². The average molecular weight is 337 g/mol. The topological polar surface area (TPSA) is 121 Å². The minimum atomic E-state index is -1.14. The molecule has 2 aliphatic rings. The Morgan fingerprint density at radius 1 is 1.52 bits per heavy atom. The number of carbonyl (C=O) groups is 2. The standard InChI is InChI=1S/C13H15N5O4S/c1-6(19)10-8-5-9(11(13(21)22)18(8)12(10)20)23-4-3-17-7(2)14-15-16-17/h3-4,6,8,10,19H,5H2,1-2H3,(H,21,22)/t6-,8+,10+/m0/s1. The Hall–Kier alpha value is -2.20. The summed E-state index contributed by atoms with van der Waals surface area (Å²) in [6, 6.07) is -0.278. The van der Waals surface area contributed by atoms with Gasteiger partial charge in [0.1, 0.15) is 5.70 Å². The van der Waals surface area contributed by atoms with E-state index in [4.69, 9.17) is 0 Å². The second kappa shape index (κ2) is 5.78. The molecule has 0 bridgehead atoms. The van der Waals surface area contributed by atoms with E-state index < -0.39 is 18.0 Å². The molecule has 0 radical (unpaired) electrons. The maximum atomic E-state index is 12.1. The van der Waals surface area contributed by atoms with Crippen LogP contribution in [0.15, 0.2) is 16.0 Å². The van der Waals surface area contributed by atoms with Crippen LogP contribution in [-0.2, 0) is 9.59 Å². The molecule has 1 aromatic rings. The molecule has 0 aliphatic carbocycles. The van der Waals surface area contributed by atoms with Crippen LogP contribution in [0.4, 0.5) is 0 Å². The molecule has 1 amide bonds. The minimum absolute atomic E-state index is 0.0000118. The van der Waals surface area contributed by atoms with E-state index in [1.165, 1.54) is 21.3 Å². The number of thioether (sulfide) groups is 1. The second-order valence-electron chi connectivity index (χ2n) is 5.40. The summed E-state index contributed by atoms with van der Waals surface area (Å²) < 4.78 is 1.46. The third-order valence-electron chi connectivity index (χ3n) is 3.96. The van der Waals surface area contributed by atoms with Crippen molar-refractivity contribution < 1.29 is 19.8 Å². The van der Waals surface area contributed by atoms with Gasteiger partial charge in [-0.1, -0.05) is 11.8 Å². The van der Waals surface area contributed by atoms with Crippen LogP contribution in [-0.4, -0.2) is 59.3 Å². The molecule has 0 unspecified atom stereocenters. The first-order valence-corrected chi connectivity index (χ1v) is 7.85. The lowest BCUT2D eigenvalue weighted by Crippen LogP contribution is -2.61. The molecule has 3 heterocycles. The molecule has 0 aromatic carbocycles. The molecule has 23 heavy (non-hydrogen) atoms. The van der Waals surface area contributed by atoms with Crippen LogP contribution in [0.25, 0.3) is 6.20 Å².